The molecule has 6 heteroatoms. The van der Waals surface area contributed by atoms with Crippen LogP contribution in [0.25, 0.3) is 0 Å². The molecule has 3 N–H and O–H groups in total. The molecule has 0 spiro atoms. The second kappa shape index (κ2) is 6.27. The third-order valence-electron chi connectivity index (χ3n) is 2.83. The summed E-state index contributed by atoms with van der Waals surface area (Å²) in [5, 5.41) is 3.21. The first-order chi connectivity index (χ1) is 9.61. The van der Waals surface area contributed by atoms with Gasteiger partial charge in [-0.2, -0.15) is 4.98 Å². The summed E-state index contributed by atoms with van der Waals surface area (Å²) < 4.78 is 11.1. The lowest BCUT2D eigenvalue weighted by atomic mass is 10.2. The van der Waals surface area contributed by atoms with Gasteiger partial charge in [0, 0.05) is 0 Å². The standard InChI is InChI=1S/C14H20N4O2/c1-4-7-19-14-12(15)13(16-8-17-14)18-10(3)11-6-5-9(2)20-11/h5-6,8,10H,4,7,15H2,1-3H3,(H,16,17,18). The number of nitrogens with two attached hydrogens (primary N) is 1. The van der Waals surface area contributed by atoms with Crippen LogP contribution in [0.1, 0.15) is 37.8 Å². The van der Waals surface area contributed by atoms with Gasteiger partial charge in [-0.25, -0.2) is 4.98 Å². The van der Waals surface area contributed by atoms with Crippen molar-refractivity contribution in [3.05, 3.63) is 30.0 Å². The summed E-state index contributed by atoms with van der Waals surface area (Å²) in [7, 11) is 0. The van der Waals surface area contributed by atoms with Gasteiger partial charge in [-0.05, 0) is 32.4 Å². The van der Waals surface area contributed by atoms with Crippen LogP contribution in [-0.4, -0.2) is 16.6 Å². The number of nitrogen functional groups attached to an aromatic ring is 1. The Kier molecular flexibility index (Phi) is 4.45. The summed E-state index contributed by atoms with van der Waals surface area (Å²) in [6.45, 7) is 6.49. The van der Waals surface area contributed by atoms with Crippen LogP contribution in [0.15, 0.2) is 22.9 Å². The monoisotopic (exact) mass is 276 g/mol. The van der Waals surface area contributed by atoms with Crippen LogP contribution in [0.2, 0.25) is 0 Å². The van der Waals surface area contributed by atoms with Gasteiger partial charge in [-0.1, -0.05) is 6.92 Å². The van der Waals surface area contributed by atoms with Crippen LogP contribution in [-0.2, 0) is 0 Å². The molecule has 0 amide bonds. The Labute approximate surface area is 118 Å². The molecule has 1 unspecified atom stereocenters. The molecule has 6 nitrogen and oxygen atoms in total. The molecular formula is C14H20N4O2. The molecule has 2 rings (SSSR count). The van der Waals surface area contributed by atoms with E-state index < -0.39 is 0 Å². The lowest BCUT2D eigenvalue weighted by molar-refractivity contribution is 0.306. The number of furan rings is 1. The highest BCUT2D eigenvalue weighted by Gasteiger charge is 2.14. The average molecular weight is 276 g/mol. The molecular weight excluding hydrogens is 256 g/mol. The fourth-order valence-electron chi connectivity index (χ4n) is 1.77. The molecule has 0 saturated carbocycles. The molecule has 0 bridgehead atoms. The number of hydrogen-bond donors (Lipinski definition) is 2. The summed E-state index contributed by atoms with van der Waals surface area (Å²) in [6.07, 6.45) is 2.33. The smallest absolute Gasteiger partial charge is 0.242 e. The predicted molar refractivity (Wildman–Crippen MR) is 77.7 cm³/mol. The van der Waals surface area contributed by atoms with E-state index in [9.17, 15) is 0 Å². The van der Waals surface area contributed by atoms with Crippen LogP contribution in [0.3, 0.4) is 0 Å². The van der Waals surface area contributed by atoms with Gasteiger partial charge < -0.3 is 20.2 Å². The molecule has 2 heterocycles. The summed E-state index contributed by atoms with van der Waals surface area (Å²) in [5.41, 5.74) is 6.43. The van der Waals surface area contributed by atoms with E-state index in [0.29, 0.717) is 24.0 Å². The van der Waals surface area contributed by atoms with Crippen molar-refractivity contribution in [3.63, 3.8) is 0 Å². The number of ether oxygens (including phenoxy) is 1. The normalized spacial score (nSPS) is 12.2. The SMILES string of the molecule is CCCOc1ncnc(NC(C)c2ccc(C)o2)c1N. The maximum atomic E-state index is 6.01. The zero-order chi connectivity index (χ0) is 14.5. The van der Waals surface area contributed by atoms with E-state index in [1.807, 2.05) is 32.9 Å². The minimum atomic E-state index is -0.0417. The van der Waals surface area contributed by atoms with E-state index in [1.165, 1.54) is 6.33 Å². The lowest BCUT2D eigenvalue weighted by Gasteiger charge is -2.15. The van der Waals surface area contributed by atoms with Gasteiger partial charge in [0.2, 0.25) is 5.88 Å². The van der Waals surface area contributed by atoms with Gasteiger partial charge in [0.25, 0.3) is 0 Å². The molecule has 20 heavy (non-hydrogen) atoms. The summed E-state index contributed by atoms with van der Waals surface area (Å²) in [4.78, 5) is 8.19. The second-order valence-electron chi connectivity index (χ2n) is 4.60. The topological polar surface area (TPSA) is 86.2 Å². The first-order valence-corrected chi connectivity index (χ1v) is 6.68. The van der Waals surface area contributed by atoms with Crippen LogP contribution in [0.5, 0.6) is 5.88 Å². The molecule has 108 valence electrons. The van der Waals surface area contributed by atoms with E-state index in [1.54, 1.807) is 0 Å². The second-order valence-corrected chi connectivity index (χ2v) is 4.60. The molecule has 0 saturated heterocycles. The van der Waals surface area contributed by atoms with E-state index in [-0.39, 0.29) is 6.04 Å². The minimum Gasteiger partial charge on any atom is -0.476 e. The number of anilines is 2. The number of hydrogen-bond acceptors (Lipinski definition) is 6. The summed E-state index contributed by atoms with van der Waals surface area (Å²) >= 11 is 0. The van der Waals surface area contributed by atoms with Crippen molar-refractivity contribution in [1.29, 1.82) is 0 Å². The third-order valence-corrected chi connectivity index (χ3v) is 2.83. The number of rotatable bonds is 6. The van der Waals surface area contributed by atoms with Crippen molar-refractivity contribution in [2.24, 2.45) is 0 Å². The fraction of sp³-hybridized carbons (Fsp3) is 0.429. The van der Waals surface area contributed by atoms with Crippen LogP contribution in [0.4, 0.5) is 11.5 Å². The van der Waals surface area contributed by atoms with Crippen molar-refractivity contribution in [1.82, 2.24) is 9.97 Å². The number of aryl methyl sites for hydroxylation is 1. The lowest BCUT2D eigenvalue weighted by Crippen LogP contribution is -2.11. The number of aromatic nitrogens is 2. The van der Waals surface area contributed by atoms with Crippen LogP contribution < -0.4 is 15.8 Å². The third kappa shape index (κ3) is 3.20. The molecule has 2 aromatic rings. The molecule has 0 aliphatic heterocycles. The van der Waals surface area contributed by atoms with Gasteiger partial charge in [0.15, 0.2) is 5.82 Å². The van der Waals surface area contributed by atoms with E-state index in [2.05, 4.69) is 15.3 Å². The molecule has 1 atom stereocenters. The van der Waals surface area contributed by atoms with Gasteiger partial charge in [0.1, 0.15) is 23.5 Å². The molecule has 0 fully saturated rings. The zero-order valence-electron chi connectivity index (χ0n) is 12.0. The number of nitrogens with one attached hydrogen (secondary N) is 1. The van der Waals surface area contributed by atoms with E-state index in [4.69, 9.17) is 14.9 Å². The molecule has 0 aliphatic carbocycles. The molecule has 0 aromatic carbocycles. The van der Waals surface area contributed by atoms with Crippen LogP contribution in [0, 0.1) is 6.92 Å². The van der Waals surface area contributed by atoms with Gasteiger partial charge in [0.05, 0.1) is 12.6 Å². The first-order valence-electron chi connectivity index (χ1n) is 6.68. The van der Waals surface area contributed by atoms with Gasteiger partial charge in [-0.15, -0.1) is 0 Å². The minimum absolute atomic E-state index is 0.0417. The molecule has 0 aliphatic rings. The van der Waals surface area contributed by atoms with Gasteiger partial charge >= 0.3 is 0 Å². The highest BCUT2D eigenvalue weighted by molar-refractivity contribution is 5.66. The fourth-order valence-corrected chi connectivity index (χ4v) is 1.77. The Morgan fingerprint density at radius 1 is 1.40 bits per heavy atom. The zero-order valence-corrected chi connectivity index (χ0v) is 12.0. The Morgan fingerprint density at radius 2 is 2.20 bits per heavy atom. The van der Waals surface area contributed by atoms with Crippen molar-refractivity contribution in [3.8, 4) is 5.88 Å². The summed E-state index contributed by atoms with van der Waals surface area (Å²) in [6, 6.07) is 3.81. The number of nitrogens with zero attached hydrogens (tertiary/aromatic N) is 2. The Hall–Kier alpha value is -2.24. The van der Waals surface area contributed by atoms with Gasteiger partial charge in [-0.3, -0.25) is 0 Å². The molecule has 0 radical (unpaired) electrons. The van der Waals surface area contributed by atoms with Crippen LogP contribution >= 0.6 is 0 Å². The Morgan fingerprint density at radius 3 is 2.85 bits per heavy atom. The predicted octanol–water partition coefficient (Wildman–Crippen LogP) is 2.92. The highest BCUT2D eigenvalue weighted by atomic mass is 16.5. The largest absolute Gasteiger partial charge is 0.476 e. The highest BCUT2D eigenvalue weighted by Crippen LogP contribution is 2.28. The van der Waals surface area contributed by atoms with Crippen molar-refractivity contribution in [2.75, 3.05) is 17.7 Å². The van der Waals surface area contributed by atoms with Crippen molar-refractivity contribution >= 4 is 11.5 Å². The van der Waals surface area contributed by atoms with E-state index >= 15 is 0 Å². The quantitative estimate of drug-likeness (QED) is 0.843. The van der Waals surface area contributed by atoms with Crippen molar-refractivity contribution < 1.29 is 9.15 Å². The maximum Gasteiger partial charge on any atom is 0.242 e. The average Bonchev–Trinajstić information content (AvgIpc) is 2.86. The van der Waals surface area contributed by atoms with Crippen molar-refractivity contribution in [2.45, 2.75) is 33.2 Å². The van der Waals surface area contributed by atoms with E-state index in [0.717, 1.165) is 17.9 Å². The first kappa shape index (κ1) is 14.2. The Balaban J connectivity index is 2.12. The maximum absolute atomic E-state index is 6.01. The molecule has 2 aromatic heterocycles. The summed E-state index contributed by atoms with van der Waals surface area (Å²) in [5.74, 6) is 2.66. The Bertz CT molecular complexity index is 568.